The molecule has 0 saturated heterocycles. The minimum atomic E-state index is 0.101. The Balaban J connectivity index is 3.53. The van der Waals surface area contributed by atoms with Gasteiger partial charge in [-0.3, -0.25) is 0 Å². The molecule has 0 fully saturated rings. The van der Waals surface area contributed by atoms with Crippen LogP contribution in [0.4, 0.5) is 0 Å². The topological polar surface area (TPSA) is 29.5 Å². The summed E-state index contributed by atoms with van der Waals surface area (Å²) >= 11 is 0. The molecule has 3 nitrogen and oxygen atoms in total. The third kappa shape index (κ3) is 2.74. The number of hydrogen-bond donors (Lipinski definition) is 1. The lowest BCUT2D eigenvalue weighted by Gasteiger charge is -2.19. The highest BCUT2D eigenvalue weighted by atomic mass is 17.2. The van der Waals surface area contributed by atoms with Crippen LogP contribution in [0.1, 0.15) is 0 Å². The standard InChI is InChI=1S/C5H11NO2/c1-4-5-6(2,3)8-7/h4H,1,5H2,2-3H3/p+1. The second-order valence-corrected chi connectivity index (χ2v) is 2.13. The summed E-state index contributed by atoms with van der Waals surface area (Å²) in [6.07, 6.45) is 1.68. The van der Waals surface area contributed by atoms with Crippen LogP contribution < -0.4 is 0 Å². The van der Waals surface area contributed by atoms with Gasteiger partial charge in [-0.2, -0.15) is 0 Å². The normalized spacial score (nSPS) is 11.4. The zero-order valence-corrected chi connectivity index (χ0v) is 5.29. The lowest BCUT2D eigenvalue weighted by Crippen LogP contribution is -2.38. The van der Waals surface area contributed by atoms with Crippen LogP contribution in [0.25, 0.3) is 0 Å². The fourth-order valence-electron chi connectivity index (χ4n) is 0.344. The van der Waals surface area contributed by atoms with Gasteiger partial charge in [-0.05, 0) is 11.1 Å². The van der Waals surface area contributed by atoms with E-state index in [0.717, 1.165) is 0 Å². The molecule has 0 aliphatic heterocycles. The van der Waals surface area contributed by atoms with E-state index in [4.69, 9.17) is 5.26 Å². The third-order valence-corrected chi connectivity index (χ3v) is 0.790. The van der Waals surface area contributed by atoms with Crippen molar-refractivity contribution in [1.29, 1.82) is 0 Å². The van der Waals surface area contributed by atoms with E-state index in [0.29, 0.717) is 6.54 Å². The zero-order chi connectivity index (χ0) is 6.62. The van der Waals surface area contributed by atoms with E-state index < -0.39 is 0 Å². The highest BCUT2D eigenvalue weighted by Gasteiger charge is 2.12. The number of hydroxylamine groups is 3. The lowest BCUT2D eigenvalue weighted by atomic mass is 10.6. The average molecular weight is 118 g/mol. The van der Waals surface area contributed by atoms with Crippen molar-refractivity contribution in [3.63, 3.8) is 0 Å². The van der Waals surface area contributed by atoms with Crippen LogP contribution in [0.3, 0.4) is 0 Å². The molecule has 0 aromatic rings. The molecular formula is C5H12NO2+. The Hall–Kier alpha value is -0.380. The molecule has 0 aromatic heterocycles. The Morgan fingerprint density at radius 1 is 1.75 bits per heavy atom. The van der Waals surface area contributed by atoms with Gasteiger partial charge in [-0.1, -0.05) is 6.58 Å². The smallest absolute Gasteiger partial charge is 0.130 e. The van der Waals surface area contributed by atoms with Crippen molar-refractivity contribution in [3.8, 4) is 0 Å². The van der Waals surface area contributed by atoms with Crippen LogP contribution in [0, 0.1) is 0 Å². The van der Waals surface area contributed by atoms with E-state index in [1.165, 1.54) is 0 Å². The summed E-state index contributed by atoms with van der Waals surface area (Å²) < 4.78 is 0.101. The second kappa shape index (κ2) is 2.81. The van der Waals surface area contributed by atoms with Crippen LogP contribution in [0.2, 0.25) is 0 Å². The summed E-state index contributed by atoms with van der Waals surface area (Å²) in [5.74, 6) is 0. The van der Waals surface area contributed by atoms with E-state index in [1.54, 1.807) is 20.2 Å². The average Bonchev–Trinajstić information content (AvgIpc) is 1.67. The van der Waals surface area contributed by atoms with Crippen molar-refractivity contribution in [2.75, 3.05) is 20.6 Å². The summed E-state index contributed by atoms with van der Waals surface area (Å²) in [7, 11) is 3.45. The summed E-state index contributed by atoms with van der Waals surface area (Å²) in [5, 5.41) is 8.15. The van der Waals surface area contributed by atoms with Gasteiger partial charge in [0.1, 0.15) is 20.6 Å². The summed E-state index contributed by atoms with van der Waals surface area (Å²) in [4.78, 5) is 4.04. The molecule has 0 saturated carbocycles. The van der Waals surface area contributed by atoms with Crippen LogP contribution >= 0.6 is 0 Å². The van der Waals surface area contributed by atoms with E-state index >= 15 is 0 Å². The van der Waals surface area contributed by atoms with Gasteiger partial charge in [-0.25, -0.2) is 5.26 Å². The molecule has 1 N–H and O–H groups in total. The van der Waals surface area contributed by atoms with Gasteiger partial charge in [0.15, 0.2) is 0 Å². The maximum atomic E-state index is 8.15. The Morgan fingerprint density at radius 3 is 2.38 bits per heavy atom. The van der Waals surface area contributed by atoms with Gasteiger partial charge in [0.2, 0.25) is 0 Å². The molecule has 8 heavy (non-hydrogen) atoms. The SMILES string of the molecule is C=CC[N+](C)(C)OO. The van der Waals surface area contributed by atoms with Crippen molar-refractivity contribution in [3.05, 3.63) is 12.7 Å². The quantitative estimate of drug-likeness (QED) is 0.255. The van der Waals surface area contributed by atoms with Crippen molar-refractivity contribution in [1.82, 2.24) is 0 Å². The van der Waals surface area contributed by atoms with Gasteiger partial charge < -0.3 is 0 Å². The Labute approximate surface area is 49.3 Å². The molecule has 0 aromatic carbocycles. The monoisotopic (exact) mass is 118 g/mol. The zero-order valence-electron chi connectivity index (χ0n) is 5.29. The molecule has 0 radical (unpaired) electrons. The first kappa shape index (κ1) is 7.62. The maximum absolute atomic E-state index is 8.15. The molecule has 0 heterocycles. The first-order valence-corrected chi connectivity index (χ1v) is 2.39. The first-order chi connectivity index (χ1) is 3.62. The van der Waals surface area contributed by atoms with E-state index in [-0.39, 0.29) is 4.65 Å². The van der Waals surface area contributed by atoms with Gasteiger partial charge >= 0.3 is 0 Å². The fourth-order valence-corrected chi connectivity index (χ4v) is 0.344. The van der Waals surface area contributed by atoms with E-state index in [9.17, 15) is 0 Å². The Kier molecular flexibility index (Phi) is 2.68. The van der Waals surface area contributed by atoms with E-state index in [1.807, 2.05) is 0 Å². The highest BCUT2D eigenvalue weighted by molar-refractivity contribution is 4.62. The summed E-state index contributed by atoms with van der Waals surface area (Å²) in [5.41, 5.74) is 0. The highest BCUT2D eigenvalue weighted by Crippen LogP contribution is 1.93. The predicted octanol–water partition coefficient (Wildman–Crippen LogP) is 0.653. The fraction of sp³-hybridized carbons (Fsp3) is 0.600. The van der Waals surface area contributed by atoms with Gasteiger partial charge in [-0.15, -0.1) is 4.65 Å². The van der Waals surface area contributed by atoms with E-state index in [2.05, 4.69) is 11.6 Å². The molecule has 0 amide bonds. The minimum absolute atomic E-state index is 0.101. The van der Waals surface area contributed by atoms with Crippen LogP contribution in [-0.2, 0) is 4.99 Å². The van der Waals surface area contributed by atoms with Crippen molar-refractivity contribution in [2.24, 2.45) is 0 Å². The van der Waals surface area contributed by atoms with Gasteiger partial charge in [0.25, 0.3) is 0 Å². The molecule has 0 atom stereocenters. The molecule has 0 aliphatic rings. The number of hydrogen-bond acceptors (Lipinski definition) is 2. The second-order valence-electron chi connectivity index (χ2n) is 2.13. The van der Waals surface area contributed by atoms with Crippen LogP contribution in [0.15, 0.2) is 12.7 Å². The maximum Gasteiger partial charge on any atom is 0.130 e. The molecule has 0 rings (SSSR count). The molecule has 0 bridgehead atoms. The van der Waals surface area contributed by atoms with Crippen LogP contribution in [0.5, 0.6) is 0 Å². The first-order valence-electron chi connectivity index (χ1n) is 2.39. The van der Waals surface area contributed by atoms with Crippen molar-refractivity contribution < 1.29 is 14.9 Å². The molecule has 3 heteroatoms. The number of nitrogens with zero attached hydrogens (tertiary/aromatic N) is 1. The number of likely N-dealkylation sites (N-methyl/N-ethyl adjacent to an activating group) is 1. The molecule has 48 valence electrons. The summed E-state index contributed by atoms with van der Waals surface area (Å²) in [6.45, 7) is 4.08. The van der Waals surface area contributed by atoms with Gasteiger partial charge in [0.05, 0.1) is 0 Å². The van der Waals surface area contributed by atoms with Gasteiger partial charge in [0, 0.05) is 0 Å². The summed E-state index contributed by atoms with van der Waals surface area (Å²) in [6, 6.07) is 0. The Bertz CT molecular complexity index is 80.5. The van der Waals surface area contributed by atoms with Crippen molar-refractivity contribution in [2.45, 2.75) is 0 Å². The number of quaternary nitrogens is 1. The number of rotatable bonds is 3. The molecule has 0 spiro atoms. The lowest BCUT2D eigenvalue weighted by molar-refractivity contribution is -1.12. The van der Waals surface area contributed by atoms with Crippen molar-refractivity contribution >= 4 is 0 Å². The predicted molar refractivity (Wildman–Crippen MR) is 30.9 cm³/mol. The molecular weight excluding hydrogens is 106 g/mol. The Morgan fingerprint density at radius 2 is 2.25 bits per heavy atom. The largest absolute Gasteiger partial charge is 0.200 e. The molecule has 0 aliphatic carbocycles. The minimum Gasteiger partial charge on any atom is -0.200 e. The third-order valence-electron chi connectivity index (χ3n) is 0.790. The molecule has 0 unspecified atom stereocenters. The van der Waals surface area contributed by atoms with Crippen LogP contribution in [-0.4, -0.2) is 30.5 Å².